The second kappa shape index (κ2) is 9.56. The van der Waals surface area contributed by atoms with Crippen molar-refractivity contribution in [1.82, 2.24) is 0 Å². The molecule has 0 saturated heterocycles. The van der Waals surface area contributed by atoms with E-state index in [1.165, 1.54) is 26.4 Å². The lowest BCUT2D eigenvalue weighted by Gasteiger charge is -2.22. The summed E-state index contributed by atoms with van der Waals surface area (Å²) >= 11 is 0. The van der Waals surface area contributed by atoms with E-state index in [2.05, 4.69) is 0 Å². The number of methoxy groups -OCH3 is 2. The van der Waals surface area contributed by atoms with Crippen LogP contribution in [-0.2, 0) is 19.4 Å². The Morgan fingerprint density at radius 1 is 1.04 bits per heavy atom. The SMILES string of the molecule is COC(=O)C(c1ccccc1)C(N)CS(=O)(=O)c1ccc(OC)cc1.Cl. The molecule has 2 aromatic carbocycles. The lowest BCUT2D eigenvalue weighted by molar-refractivity contribution is -0.142. The summed E-state index contributed by atoms with van der Waals surface area (Å²) in [6.07, 6.45) is 0. The molecule has 0 aliphatic heterocycles. The van der Waals surface area contributed by atoms with Crippen LogP contribution in [0.5, 0.6) is 5.75 Å². The molecule has 26 heavy (non-hydrogen) atoms. The summed E-state index contributed by atoms with van der Waals surface area (Å²) in [5.74, 6) is -1.25. The van der Waals surface area contributed by atoms with E-state index in [1.807, 2.05) is 0 Å². The molecular formula is C18H22ClNO5S. The summed E-state index contributed by atoms with van der Waals surface area (Å²) in [6, 6.07) is 13.9. The first-order chi connectivity index (χ1) is 11.9. The normalized spacial score (nSPS) is 13.2. The molecule has 0 aliphatic rings. The molecule has 0 aromatic heterocycles. The predicted molar refractivity (Wildman–Crippen MR) is 101 cm³/mol. The number of rotatable bonds is 7. The highest BCUT2D eigenvalue weighted by molar-refractivity contribution is 7.91. The molecule has 6 nitrogen and oxygen atoms in total. The van der Waals surface area contributed by atoms with Gasteiger partial charge in [0.05, 0.1) is 30.8 Å². The number of nitrogens with two attached hydrogens (primary N) is 1. The number of carbonyl (C=O) groups excluding carboxylic acids is 1. The Morgan fingerprint density at radius 2 is 1.62 bits per heavy atom. The molecule has 2 atom stereocenters. The molecule has 0 saturated carbocycles. The number of ether oxygens (including phenoxy) is 2. The zero-order chi connectivity index (χ0) is 18.4. The molecule has 0 radical (unpaired) electrons. The lowest BCUT2D eigenvalue weighted by atomic mass is 9.93. The van der Waals surface area contributed by atoms with E-state index in [0.29, 0.717) is 11.3 Å². The van der Waals surface area contributed by atoms with Gasteiger partial charge in [-0.3, -0.25) is 4.79 Å². The Hall–Kier alpha value is -2.09. The zero-order valence-electron chi connectivity index (χ0n) is 14.5. The molecule has 2 rings (SSSR count). The fraction of sp³-hybridized carbons (Fsp3) is 0.278. The van der Waals surface area contributed by atoms with E-state index >= 15 is 0 Å². The van der Waals surface area contributed by atoms with E-state index in [9.17, 15) is 13.2 Å². The van der Waals surface area contributed by atoms with Gasteiger partial charge in [-0.05, 0) is 29.8 Å². The summed E-state index contributed by atoms with van der Waals surface area (Å²) in [5, 5.41) is 0. The van der Waals surface area contributed by atoms with Crippen molar-refractivity contribution < 1.29 is 22.7 Å². The maximum absolute atomic E-state index is 12.6. The molecule has 0 aliphatic carbocycles. The van der Waals surface area contributed by atoms with Crippen molar-refractivity contribution >= 4 is 28.2 Å². The quantitative estimate of drug-likeness (QED) is 0.717. The summed E-state index contributed by atoms with van der Waals surface area (Å²) in [4.78, 5) is 12.3. The van der Waals surface area contributed by atoms with Crippen molar-refractivity contribution in [3.8, 4) is 5.75 Å². The minimum atomic E-state index is -3.67. The van der Waals surface area contributed by atoms with Crippen molar-refractivity contribution in [2.24, 2.45) is 5.73 Å². The van der Waals surface area contributed by atoms with Gasteiger partial charge in [0.15, 0.2) is 9.84 Å². The topological polar surface area (TPSA) is 95.7 Å². The molecule has 0 fully saturated rings. The van der Waals surface area contributed by atoms with E-state index in [-0.39, 0.29) is 23.1 Å². The van der Waals surface area contributed by atoms with Crippen LogP contribution in [0.4, 0.5) is 0 Å². The average Bonchev–Trinajstić information content (AvgIpc) is 2.62. The minimum absolute atomic E-state index is 0. The molecule has 0 spiro atoms. The fourth-order valence-corrected chi connectivity index (χ4v) is 4.02. The number of esters is 1. The standard InChI is InChI=1S/C18H21NO5S.ClH/c1-23-14-8-10-15(11-9-14)25(21,22)12-16(19)17(18(20)24-2)13-6-4-3-5-7-13;/h3-11,16-17H,12,19H2,1-2H3;1H. The first-order valence-corrected chi connectivity index (χ1v) is 9.29. The number of carbonyl (C=O) groups is 1. The van der Waals surface area contributed by atoms with Gasteiger partial charge in [-0.15, -0.1) is 12.4 Å². The highest BCUT2D eigenvalue weighted by Crippen LogP contribution is 2.24. The zero-order valence-corrected chi connectivity index (χ0v) is 16.1. The van der Waals surface area contributed by atoms with E-state index in [0.717, 1.165) is 0 Å². The molecule has 8 heteroatoms. The Morgan fingerprint density at radius 3 is 2.12 bits per heavy atom. The van der Waals surface area contributed by atoms with Crippen molar-refractivity contribution in [2.75, 3.05) is 20.0 Å². The van der Waals surface area contributed by atoms with Crippen LogP contribution in [0.2, 0.25) is 0 Å². The van der Waals surface area contributed by atoms with Gasteiger partial charge in [-0.1, -0.05) is 30.3 Å². The maximum atomic E-state index is 12.6. The molecule has 0 amide bonds. The van der Waals surface area contributed by atoms with Crippen LogP contribution in [0.25, 0.3) is 0 Å². The number of hydrogen-bond donors (Lipinski definition) is 1. The first-order valence-electron chi connectivity index (χ1n) is 7.64. The van der Waals surface area contributed by atoms with E-state index < -0.39 is 27.8 Å². The predicted octanol–water partition coefficient (Wildman–Crippen LogP) is 2.17. The van der Waals surface area contributed by atoms with Gasteiger partial charge in [0.1, 0.15) is 5.75 Å². The van der Waals surface area contributed by atoms with E-state index in [4.69, 9.17) is 15.2 Å². The highest BCUT2D eigenvalue weighted by Gasteiger charge is 2.32. The van der Waals surface area contributed by atoms with Crippen LogP contribution in [0.1, 0.15) is 11.5 Å². The van der Waals surface area contributed by atoms with Gasteiger partial charge in [0.2, 0.25) is 0 Å². The fourth-order valence-electron chi connectivity index (χ4n) is 2.57. The molecule has 2 aromatic rings. The molecule has 0 heterocycles. The first kappa shape index (κ1) is 22.0. The van der Waals surface area contributed by atoms with Crippen LogP contribution in [0.3, 0.4) is 0 Å². The summed E-state index contributed by atoms with van der Waals surface area (Å²) in [5.41, 5.74) is 6.72. The van der Waals surface area contributed by atoms with Gasteiger partial charge < -0.3 is 15.2 Å². The Labute approximate surface area is 159 Å². The van der Waals surface area contributed by atoms with Crippen LogP contribution in [-0.4, -0.2) is 40.4 Å². The smallest absolute Gasteiger partial charge is 0.314 e. The molecule has 142 valence electrons. The molecular weight excluding hydrogens is 378 g/mol. The van der Waals surface area contributed by atoms with E-state index in [1.54, 1.807) is 42.5 Å². The maximum Gasteiger partial charge on any atom is 0.314 e. The van der Waals surface area contributed by atoms with Gasteiger partial charge in [-0.25, -0.2) is 8.42 Å². The van der Waals surface area contributed by atoms with Crippen LogP contribution < -0.4 is 10.5 Å². The second-order valence-electron chi connectivity index (χ2n) is 5.53. The Kier molecular flexibility index (Phi) is 8.08. The average molecular weight is 400 g/mol. The van der Waals surface area contributed by atoms with Gasteiger partial charge in [0.25, 0.3) is 0 Å². The van der Waals surface area contributed by atoms with Crippen LogP contribution >= 0.6 is 12.4 Å². The van der Waals surface area contributed by atoms with Crippen LogP contribution in [0, 0.1) is 0 Å². The Bertz CT molecular complexity index is 809. The van der Waals surface area contributed by atoms with Crippen molar-refractivity contribution in [3.63, 3.8) is 0 Å². The third kappa shape index (κ3) is 5.20. The van der Waals surface area contributed by atoms with Crippen molar-refractivity contribution in [2.45, 2.75) is 16.9 Å². The largest absolute Gasteiger partial charge is 0.497 e. The van der Waals surface area contributed by atoms with Crippen LogP contribution in [0.15, 0.2) is 59.5 Å². The Balaban J connectivity index is 0.00000338. The third-order valence-corrected chi connectivity index (χ3v) is 5.69. The highest BCUT2D eigenvalue weighted by atomic mass is 35.5. The van der Waals surface area contributed by atoms with Gasteiger partial charge in [-0.2, -0.15) is 0 Å². The third-order valence-electron chi connectivity index (χ3n) is 3.87. The van der Waals surface area contributed by atoms with Crippen molar-refractivity contribution in [1.29, 1.82) is 0 Å². The molecule has 2 N–H and O–H groups in total. The summed E-state index contributed by atoms with van der Waals surface area (Å²) < 4.78 is 35.1. The second-order valence-corrected chi connectivity index (χ2v) is 7.57. The molecule has 2 unspecified atom stereocenters. The number of halogens is 1. The summed E-state index contributed by atoms with van der Waals surface area (Å²) in [7, 11) is -0.914. The number of sulfone groups is 1. The molecule has 0 bridgehead atoms. The minimum Gasteiger partial charge on any atom is -0.497 e. The number of benzene rings is 2. The van der Waals surface area contributed by atoms with Gasteiger partial charge in [0, 0.05) is 6.04 Å². The lowest BCUT2D eigenvalue weighted by Crippen LogP contribution is -2.40. The monoisotopic (exact) mass is 399 g/mol. The van der Waals surface area contributed by atoms with Crippen molar-refractivity contribution in [3.05, 3.63) is 60.2 Å². The van der Waals surface area contributed by atoms with Gasteiger partial charge >= 0.3 is 5.97 Å². The number of hydrogen-bond acceptors (Lipinski definition) is 6. The summed E-state index contributed by atoms with van der Waals surface area (Å²) in [6.45, 7) is 0.